The van der Waals surface area contributed by atoms with Gasteiger partial charge in [0, 0.05) is 16.8 Å². The largest absolute Gasteiger partial charge is 0.496 e. The Morgan fingerprint density at radius 3 is 2.70 bits per heavy atom. The SMILES string of the molecule is COc1cc([N+](=O)[O-])ccc1-c1ccc(C=NNC(=O)CNc2ccc(Cl)cc2)o1. The third-order valence-electron chi connectivity index (χ3n) is 3.97. The molecule has 1 aromatic heterocycles. The molecule has 1 heterocycles. The number of carbonyl (C=O) groups excluding carboxylic acids is 1. The molecule has 0 radical (unpaired) electrons. The number of hydrogen-bond acceptors (Lipinski definition) is 7. The fourth-order valence-corrected chi connectivity index (χ4v) is 2.65. The van der Waals surface area contributed by atoms with Crippen molar-refractivity contribution in [3.05, 3.63) is 75.5 Å². The van der Waals surface area contributed by atoms with Crippen LogP contribution in [-0.2, 0) is 4.79 Å². The second kappa shape index (κ2) is 9.57. The van der Waals surface area contributed by atoms with Gasteiger partial charge in [0.1, 0.15) is 17.3 Å². The van der Waals surface area contributed by atoms with Crippen LogP contribution in [0.5, 0.6) is 5.75 Å². The van der Waals surface area contributed by atoms with Gasteiger partial charge in [-0.05, 0) is 42.5 Å². The molecule has 0 saturated heterocycles. The van der Waals surface area contributed by atoms with Gasteiger partial charge < -0.3 is 14.5 Å². The van der Waals surface area contributed by atoms with Crippen LogP contribution in [0.2, 0.25) is 5.02 Å². The predicted molar refractivity (Wildman–Crippen MR) is 113 cm³/mol. The second-order valence-electron chi connectivity index (χ2n) is 6.00. The Balaban J connectivity index is 1.58. The van der Waals surface area contributed by atoms with Crippen molar-refractivity contribution in [3.8, 4) is 17.1 Å². The highest BCUT2D eigenvalue weighted by Gasteiger charge is 2.15. The lowest BCUT2D eigenvalue weighted by Crippen LogP contribution is -2.25. The van der Waals surface area contributed by atoms with E-state index in [1.54, 1.807) is 42.5 Å². The Morgan fingerprint density at radius 2 is 2.00 bits per heavy atom. The van der Waals surface area contributed by atoms with Gasteiger partial charge in [0.25, 0.3) is 11.6 Å². The van der Waals surface area contributed by atoms with Crippen molar-refractivity contribution >= 4 is 35.1 Å². The van der Waals surface area contributed by atoms with Gasteiger partial charge in [0.05, 0.1) is 36.4 Å². The maximum Gasteiger partial charge on any atom is 0.273 e. The molecule has 0 fully saturated rings. The van der Waals surface area contributed by atoms with Crippen LogP contribution in [0.25, 0.3) is 11.3 Å². The molecular weight excluding hydrogens is 412 g/mol. The summed E-state index contributed by atoms with van der Waals surface area (Å²) in [6, 6.07) is 14.5. The summed E-state index contributed by atoms with van der Waals surface area (Å²) in [5.74, 6) is 0.795. The Labute approximate surface area is 176 Å². The monoisotopic (exact) mass is 428 g/mol. The van der Waals surface area contributed by atoms with Crippen molar-refractivity contribution < 1.29 is 18.9 Å². The number of hydrazone groups is 1. The Hall–Kier alpha value is -3.85. The lowest BCUT2D eigenvalue weighted by atomic mass is 10.1. The zero-order valence-corrected chi connectivity index (χ0v) is 16.6. The van der Waals surface area contributed by atoms with Crippen LogP contribution >= 0.6 is 11.6 Å². The van der Waals surface area contributed by atoms with E-state index >= 15 is 0 Å². The second-order valence-corrected chi connectivity index (χ2v) is 6.43. The molecule has 3 rings (SSSR count). The van der Waals surface area contributed by atoms with Crippen molar-refractivity contribution in [2.45, 2.75) is 0 Å². The first kappa shape index (κ1) is 20.9. The molecular formula is C20H17ClN4O5. The minimum Gasteiger partial charge on any atom is -0.496 e. The first-order valence-electron chi connectivity index (χ1n) is 8.70. The number of carbonyl (C=O) groups is 1. The van der Waals surface area contributed by atoms with Gasteiger partial charge in [0.2, 0.25) is 0 Å². The van der Waals surface area contributed by atoms with E-state index < -0.39 is 4.92 Å². The molecule has 154 valence electrons. The summed E-state index contributed by atoms with van der Waals surface area (Å²) in [7, 11) is 1.42. The summed E-state index contributed by atoms with van der Waals surface area (Å²) >= 11 is 5.81. The van der Waals surface area contributed by atoms with Gasteiger partial charge in [0.15, 0.2) is 0 Å². The number of nitrogens with zero attached hydrogens (tertiary/aromatic N) is 2. The van der Waals surface area contributed by atoms with E-state index in [-0.39, 0.29) is 18.1 Å². The highest BCUT2D eigenvalue weighted by molar-refractivity contribution is 6.30. The van der Waals surface area contributed by atoms with E-state index in [0.717, 1.165) is 5.69 Å². The summed E-state index contributed by atoms with van der Waals surface area (Å²) in [4.78, 5) is 22.3. The topological polar surface area (TPSA) is 119 Å². The Kier molecular flexibility index (Phi) is 6.66. The van der Waals surface area contributed by atoms with Crippen LogP contribution in [0.3, 0.4) is 0 Å². The minimum atomic E-state index is -0.503. The van der Waals surface area contributed by atoms with Crippen LogP contribution in [0, 0.1) is 10.1 Å². The average Bonchev–Trinajstić information content (AvgIpc) is 3.21. The molecule has 9 nitrogen and oxygen atoms in total. The molecule has 10 heteroatoms. The van der Waals surface area contributed by atoms with E-state index in [1.165, 1.54) is 25.5 Å². The Morgan fingerprint density at radius 1 is 1.23 bits per heavy atom. The van der Waals surface area contributed by atoms with Gasteiger partial charge in [-0.3, -0.25) is 14.9 Å². The number of methoxy groups -OCH3 is 1. The molecule has 1 amide bonds. The summed E-state index contributed by atoms with van der Waals surface area (Å²) in [5, 5.41) is 18.3. The Bertz CT molecular complexity index is 1080. The van der Waals surface area contributed by atoms with Gasteiger partial charge in [-0.15, -0.1) is 0 Å². The van der Waals surface area contributed by atoms with Gasteiger partial charge in [-0.25, -0.2) is 5.43 Å². The maximum atomic E-state index is 11.9. The zero-order valence-electron chi connectivity index (χ0n) is 15.8. The summed E-state index contributed by atoms with van der Waals surface area (Å²) in [6.07, 6.45) is 1.35. The highest BCUT2D eigenvalue weighted by atomic mass is 35.5. The first-order valence-corrected chi connectivity index (χ1v) is 9.08. The molecule has 0 spiro atoms. The minimum absolute atomic E-state index is 0.0301. The van der Waals surface area contributed by atoms with Crippen LogP contribution in [0.15, 0.2) is 64.1 Å². The number of furan rings is 1. The number of rotatable bonds is 8. The summed E-state index contributed by atoms with van der Waals surface area (Å²) in [6.45, 7) is 0.0301. The number of nitrogens with one attached hydrogen (secondary N) is 2. The molecule has 0 bridgehead atoms. The third kappa shape index (κ3) is 5.36. The van der Waals surface area contributed by atoms with E-state index in [0.29, 0.717) is 27.9 Å². The molecule has 0 aliphatic carbocycles. The van der Waals surface area contributed by atoms with E-state index in [2.05, 4.69) is 15.8 Å². The smallest absolute Gasteiger partial charge is 0.273 e. The molecule has 0 saturated carbocycles. The molecule has 0 unspecified atom stereocenters. The number of amides is 1. The number of hydrogen-bond donors (Lipinski definition) is 2. The summed E-state index contributed by atoms with van der Waals surface area (Å²) < 4.78 is 10.9. The van der Waals surface area contributed by atoms with Crippen molar-refractivity contribution in [2.24, 2.45) is 5.10 Å². The quantitative estimate of drug-likeness (QED) is 0.317. The molecule has 30 heavy (non-hydrogen) atoms. The number of benzene rings is 2. The third-order valence-corrected chi connectivity index (χ3v) is 4.22. The summed E-state index contributed by atoms with van der Waals surface area (Å²) in [5.41, 5.74) is 3.61. The zero-order chi connectivity index (χ0) is 21.5. The van der Waals surface area contributed by atoms with Crippen LogP contribution < -0.4 is 15.5 Å². The molecule has 0 aliphatic rings. The number of nitro groups is 1. The maximum absolute atomic E-state index is 11.9. The van der Waals surface area contributed by atoms with Crippen LogP contribution in [0.1, 0.15) is 5.76 Å². The van der Waals surface area contributed by atoms with Gasteiger partial charge in [-0.1, -0.05) is 11.6 Å². The number of nitro benzene ring substituents is 1. The van der Waals surface area contributed by atoms with Crippen LogP contribution in [0.4, 0.5) is 11.4 Å². The molecule has 3 aromatic rings. The lowest BCUT2D eigenvalue weighted by molar-refractivity contribution is -0.384. The number of non-ortho nitro benzene ring substituents is 1. The van der Waals surface area contributed by atoms with Crippen molar-refractivity contribution in [1.82, 2.24) is 5.43 Å². The molecule has 2 aromatic carbocycles. The highest BCUT2D eigenvalue weighted by Crippen LogP contribution is 2.34. The number of anilines is 1. The molecule has 0 atom stereocenters. The van der Waals surface area contributed by atoms with E-state index in [4.69, 9.17) is 20.8 Å². The van der Waals surface area contributed by atoms with Crippen molar-refractivity contribution in [3.63, 3.8) is 0 Å². The normalized spacial score (nSPS) is 10.7. The number of ether oxygens (including phenoxy) is 1. The number of halogens is 1. The predicted octanol–water partition coefficient (Wildman–Crippen LogP) is 4.08. The average molecular weight is 429 g/mol. The lowest BCUT2D eigenvalue weighted by Gasteiger charge is -2.05. The van der Waals surface area contributed by atoms with Crippen molar-refractivity contribution in [2.75, 3.05) is 19.0 Å². The van der Waals surface area contributed by atoms with Crippen molar-refractivity contribution in [1.29, 1.82) is 0 Å². The van der Waals surface area contributed by atoms with Crippen LogP contribution in [-0.4, -0.2) is 30.7 Å². The fourth-order valence-electron chi connectivity index (χ4n) is 2.52. The molecule has 0 aliphatic heterocycles. The standard InChI is InChI=1S/C20H17ClN4O5/c1-29-19-10-15(25(27)28)6-8-17(19)18-9-7-16(30-18)11-23-24-20(26)12-22-14-4-2-13(21)3-5-14/h2-11,22H,12H2,1H3,(H,24,26). The van der Waals surface area contributed by atoms with Gasteiger partial charge >= 0.3 is 0 Å². The molecule has 2 N–H and O–H groups in total. The first-order chi connectivity index (χ1) is 14.5. The van der Waals surface area contributed by atoms with Gasteiger partial charge in [-0.2, -0.15) is 5.10 Å². The fraction of sp³-hybridized carbons (Fsp3) is 0.100. The van der Waals surface area contributed by atoms with E-state index in [1.807, 2.05) is 0 Å². The van der Waals surface area contributed by atoms with E-state index in [9.17, 15) is 14.9 Å².